The third kappa shape index (κ3) is 3.74. The van der Waals surface area contributed by atoms with Crippen molar-refractivity contribution in [2.45, 2.75) is 25.8 Å². The molecule has 4 nitrogen and oxygen atoms in total. The minimum atomic E-state index is 0.0313. The quantitative estimate of drug-likeness (QED) is 0.645. The Kier molecular flexibility index (Phi) is 4.18. The lowest BCUT2D eigenvalue weighted by molar-refractivity contribution is -0.127. The van der Waals surface area contributed by atoms with Gasteiger partial charge in [-0.2, -0.15) is 0 Å². The number of carbonyl (C=O) groups excluding carboxylic acids is 1. The van der Waals surface area contributed by atoms with Gasteiger partial charge >= 0.3 is 0 Å². The van der Waals surface area contributed by atoms with Crippen LogP contribution in [0.2, 0.25) is 0 Å². The Morgan fingerprint density at radius 3 is 2.77 bits per heavy atom. The molecule has 4 heteroatoms. The molecule has 1 rings (SSSR count). The van der Waals surface area contributed by atoms with Gasteiger partial charge in [0.2, 0.25) is 5.91 Å². The molecule has 1 heterocycles. The van der Waals surface area contributed by atoms with Crippen LogP contribution in [0, 0.1) is 5.92 Å². The van der Waals surface area contributed by atoms with E-state index >= 15 is 0 Å². The molecule has 0 spiro atoms. The van der Waals surface area contributed by atoms with Crippen LogP contribution >= 0.6 is 0 Å². The van der Waals surface area contributed by atoms with E-state index < -0.39 is 0 Å². The molecular formula is C9H18N2O2. The normalized spacial score (nSPS) is 21.1. The maximum absolute atomic E-state index is 11.5. The summed E-state index contributed by atoms with van der Waals surface area (Å²) in [5.74, 6) is 0.258. The predicted octanol–water partition coefficient (Wildman–Crippen LogP) is -0.124. The van der Waals surface area contributed by atoms with E-state index in [9.17, 15) is 4.79 Å². The first-order valence-corrected chi connectivity index (χ1v) is 4.81. The number of ether oxygens (including phenoxy) is 1. The van der Waals surface area contributed by atoms with E-state index in [0.29, 0.717) is 19.8 Å². The second-order valence-corrected chi connectivity index (χ2v) is 3.61. The molecular weight excluding hydrogens is 168 g/mol. The van der Waals surface area contributed by atoms with Crippen molar-refractivity contribution >= 4 is 5.91 Å². The van der Waals surface area contributed by atoms with Crippen LogP contribution in [0.5, 0.6) is 0 Å². The van der Waals surface area contributed by atoms with Crippen LogP contribution in [0.15, 0.2) is 0 Å². The fourth-order valence-corrected chi connectivity index (χ4v) is 1.37. The van der Waals surface area contributed by atoms with Crippen LogP contribution in [0.3, 0.4) is 0 Å². The smallest absolute Gasteiger partial charge is 0.223 e. The number of carbonyl (C=O) groups is 1. The number of hydrogen-bond donors (Lipinski definition) is 2. The van der Waals surface area contributed by atoms with Crippen LogP contribution in [0.4, 0.5) is 0 Å². The molecule has 1 aliphatic heterocycles. The van der Waals surface area contributed by atoms with Crippen LogP contribution in [-0.4, -0.2) is 31.7 Å². The maximum atomic E-state index is 11.5. The highest BCUT2D eigenvalue weighted by molar-refractivity contribution is 5.78. The van der Waals surface area contributed by atoms with Gasteiger partial charge in [-0.3, -0.25) is 4.79 Å². The standard InChI is InChI=1S/C9H18N2O2/c1-7(10)6-11-9(12)8-2-4-13-5-3-8/h7-8H,2-6,10H2,1H3,(H,11,12). The Morgan fingerprint density at radius 1 is 1.62 bits per heavy atom. The molecule has 13 heavy (non-hydrogen) atoms. The lowest BCUT2D eigenvalue weighted by Crippen LogP contribution is -2.40. The topological polar surface area (TPSA) is 64.3 Å². The summed E-state index contributed by atoms with van der Waals surface area (Å²) in [5.41, 5.74) is 5.53. The van der Waals surface area contributed by atoms with Gasteiger partial charge in [-0.25, -0.2) is 0 Å². The molecule has 1 aliphatic rings. The molecule has 0 bridgehead atoms. The second-order valence-electron chi connectivity index (χ2n) is 3.61. The molecule has 1 fully saturated rings. The van der Waals surface area contributed by atoms with Crippen molar-refractivity contribution in [1.29, 1.82) is 0 Å². The van der Waals surface area contributed by atoms with Crippen molar-refractivity contribution in [2.24, 2.45) is 11.7 Å². The van der Waals surface area contributed by atoms with Gasteiger partial charge in [0.25, 0.3) is 0 Å². The summed E-state index contributed by atoms with van der Waals surface area (Å²) in [7, 11) is 0. The van der Waals surface area contributed by atoms with E-state index in [1.807, 2.05) is 6.92 Å². The molecule has 0 aliphatic carbocycles. The zero-order chi connectivity index (χ0) is 9.68. The largest absolute Gasteiger partial charge is 0.381 e. The Balaban J connectivity index is 2.21. The van der Waals surface area contributed by atoms with E-state index in [-0.39, 0.29) is 17.9 Å². The summed E-state index contributed by atoms with van der Waals surface area (Å²) in [6, 6.07) is 0.0313. The van der Waals surface area contributed by atoms with Gasteiger partial charge < -0.3 is 15.8 Å². The summed E-state index contributed by atoms with van der Waals surface area (Å²) >= 11 is 0. The van der Waals surface area contributed by atoms with Gasteiger partial charge in [-0.15, -0.1) is 0 Å². The highest BCUT2D eigenvalue weighted by Gasteiger charge is 2.20. The molecule has 1 atom stereocenters. The Hall–Kier alpha value is -0.610. The number of nitrogens with two attached hydrogens (primary N) is 1. The molecule has 0 saturated carbocycles. The zero-order valence-corrected chi connectivity index (χ0v) is 8.08. The van der Waals surface area contributed by atoms with Gasteiger partial charge in [-0.1, -0.05) is 0 Å². The molecule has 3 N–H and O–H groups in total. The first kappa shape index (κ1) is 10.5. The molecule has 1 saturated heterocycles. The maximum Gasteiger partial charge on any atom is 0.223 e. The van der Waals surface area contributed by atoms with Crippen molar-refractivity contribution in [1.82, 2.24) is 5.32 Å². The summed E-state index contributed by atoms with van der Waals surface area (Å²) in [5, 5.41) is 2.83. The first-order valence-electron chi connectivity index (χ1n) is 4.81. The van der Waals surface area contributed by atoms with Crippen molar-refractivity contribution in [3.8, 4) is 0 Å². The second kappa shape index (κ2) is 5.19. The lowest BCUT2D eigenvalue weighted by atomic mass is 9.99. The summed E-state index contributed by atoms with van der Waals surface area (Å²) in [6.07, 6.45) is 1.68. The fourth-order valence-electron chi connectivity index (χ4n) is 1.37. The Bertz CT molecular complexity index is 165. The van der Waals surface area contributed by atoms with Crippen LogP contribution in [0.25, 0.3) is 0 Å². The number of nitrogens with one attached hydrogen (secondary N) is 1. The molecule has 0 aromatic rings. The van der Waals surface area contributed by atoms with Crippen LogP contribution < -0.4 is 11.1 Å². The minimum absolute atomic E-state index is 0.0313. The highest BCUT2D eigenvalue weighted by Crippen LogP contribution is 2.14. The summed E-state index contributed by atoms with van der Waals surface area (Å²) < 4.78 is 5.17. The molecule has 0 aromatic heterocycles. The predicted molar refractivity (Wildman–Crippen MR) is 50.2 cm³/mol. The van der Waals surface area contributed by atoms with E-state index in [1.54, 1.807) is 0 Å². The molecule has 0 aromatic carbocycles. The fraction of sp³-hybridized carbons (Fsp3) is 0.889. The number of rotatable bonds is 3. The van der Waals surface area contributed by atoms with E-state index in [2.05, 4.69) is 5.32 Å². The van der Waals surface area contributed by atoms with Crippen molar-refractivity contribution in [3.05, 3.63) is 0 Å². The summed E-state index contributed by atoms with van der Waals surface area (Å²) in [6.45, 7) is 3.85. The lowest BCUT2D eigenvalue weighted by Gasteiger charge is -2.21. The average Bonchev–Trinajstić information content (AvgIpc) is 2.15. The number of amides is 1. The molecule has 0 radical (unpaired) electrons. The summed E-state index contributed by atoms with van der Waals surface area (Å²) in [4.78, 5) is 11.5. The highest BCUT2D eigenvalue weighted by atomic mass is 16.5. The van der Waals surface area contributed by atoms with Gasteiger partial charge in [0, 0.05) is 31.7 Å². The number of hydrogen-bond acceptors (Lipinski definition) is 3. The third-order valence-corrected chi connectivity index (χ3v) is 2.19. The van der Waals surface area contributed by atoms with Crippen molar-refractivity contribution in [2.75, 3.05) is 19.8 Å². The van der Waals surface area contributed by atoms with Crippen molar-refractivity contribution in [3.63, 3.8) is 0 Å². The zero-order valence-electron chi connectivity index (χ0n) is 8.08. The van der Waals surface area contributed by atoms with E-state index in [4.69, 9.17) is 10.5 Å². The molecule has 1 amide bonds. The van der Waals surface area contributed by atoms with Crippen LogP contribution in [0.1, 0.15) is 19.8 Å². The average molecular weight is 186 g/mol. The van der Waals surface area contributed by atoms with E-state index in [0.717, 1.165) is 12.8 Å². The van der Waals surface area contributed by atoms with Crippen LogP contribution in [-0.2, 0) is 9.53 Å². The molecule has 76 valence electrons. The van der Waals surface area contributed by atoms with Gasteiger partial charge in [0.05, 0.1) is 0 Å². The van der Waals surface area contributed by atoms with E-state index in [1.165, 1.54) is 0 Å². The monoisotopic (exact) mass is 186 g/mol. The Morgan fingerprint density at radius 2 is 2.23 bits per heavy atom. The van der Waals surface area contributed by atoms with Crippen molar-refractivity contribution < 1.29 is 9.53 Å². The van der Waals surface area contributed by atoms with Gasteiger partial charge in [0.1, 0.15) is 0 Å². The van der Waals surface area contributed by atoms with Gasteiger partial charge in [-0.05, 0) is 19.8 Å². The SMILES string of the molecule is CC(N)CNC(=O)C1CCOCC1. The molecule has 1 unspecified atom stereocenters. The minimum Gasteiger partial charge on any atom is -0.381 e. The first-order chi connectivity index (χ1) is 6.20. The van der Waals surface area contributed by atoms with Gasteiger partial charge in [0.15, 0.2) is 0 Å². The Labute approximate surface area is 78.8 Å². The third-order valence-electron chi connectivity index (χ3n) is 2.19.